The van der Waals surface area contributed by atoms with Gasteiger partial charge in [-0.15, -0.1) is 10.7 Å². The third-order valence-electron chi connectivity index (χ3n) is 3.24. The van der Waals surface area contributed by atoms with Gasteiger partial charge in [-0.3, -0.25) is 9.52 Å². The quantitative estimate of drug-likeness (QED) is 0.629. The number of hydrogen-bond acceptors (Lipinski definition) is 2. The minimum Gasteiger partial charge on any atom is -0.281 e. The number of rotatable bonds is 3. The van der Waals surface area contributed by atoms with Crippen LogP contribution < -0.4 is 4.72 Å². The van der Waals surface area contributed by atoms with Crippen molar-refractivity contribution in [3.63, 3.8) is 0 Å². The van der Waals surface area contributed by atoms with E-state index in [-0.39, 0.29) is 26.6 Å². The lowest BCUT2D eigenvalue weighted by Crippen LogP contribution is -2.34. The number of hydrogen-bond donors (Lipinski definition) is 1. The van der Waals surface area contributed by atoms with E-state index in [1.165, 1.54) is 0 Å². The third-order valence-corrected chi connectivity index (χ3v) is 5.92. The fourth-order valence-corrected chi connectivity index (χ4v) is 4.23. The van der Waals surface area contributed by atoms with Crippen molar-refractivity contribution in [1.82, 2.24) is 4.72 Å². The second-order valence-corrected chi connectivity index (χ2v) is 8.64. The Balaban J connectivity index is 2.48. The van der Waals surface area contributed by atoms with E-state index >= 15 is 0 Å². The highest BCUT2D eigenvalue weighted by atomic mass is 35.5. The summed E-state index contributed by atoms with van der Waals surface area (Å²) in [6.45, 7) is 8.90. The van der Waals surface area contributed by atoms with Crippen LogP contribution in [0, 0.1) is 5.92 Å². The summed E-state index contributed by atoms with van der Waals surface area (Å²) in [6.07, 6.45) is 4.00. The largest absolute Gasteiger partial charge is 0.281 e. The van der Waals surface area contributed by atoms with Crippen LogP contribution in [0.2, 0.25) is 0 Å². The van der Waals surface area contributed by atoms with Gasteiger partial charge in [0.1, 0.15) is 0 Å². The Bertz CT molecular complexity index is 301. The van der Waals surface area contributed by atoms with Crippen molar-refractivity contribution in [3.05, 3.63) is 0 Å². The molecule has 1 unspecified atom stereocenters. The smallest absolute Gasteiger partial charge is 0.224 e. The van der Waals surface area contributed by atoms with E-state index in [4.69, 9.17) is 11.6 Å². The number of halogens is 1. The molecule has 1 aliphatic carbocycles. The van der Waals surface area contributed by atoms with Gasteiger partial charge in [0.25, 0.3) is 0 Å². The van der Waals surface area contributed by atoms with Crippen molar-refractivity contribution in [3.8, 4) is 0 Å². The van der Waals surface area contributed by atoms with Gasteiger partial charge in [0.05, 0.1) is 0 Å². The Morgan fingerprint density at radius 3 is 2.18 bits per heavy atom. The van der Waals surface area contributed by atoms with Crippen molar-refractivity contribution in [1.29, 1.82) is 0 Å². The summed E-state index contributed by atoms with van der Waals surface area (Å²) in [4.78, 5) is 11.1. The molecule has 17 heavy (non-hydrogen) atoms. The molecule has 1 fully saturated rings. The predicted octanol–water partition coefficient (Wildman–Crippen LogP) is 3.70. The van der Waals surface area contributed by atoms with Crippen molar-refractivity contribution < 1.29 is 4.79 Å². The molecule has 0 spiro atoms. The Kier molecular flexibility index (Phi) is 5.68. The van der Waals surface area contributed by atoms with Crippen molar-refractivity contribution in [2.24, 2.45) is 5.92 Å². The summed E-state index contributed by atoms with van der Waals surface area (Å²) in [5.74, 6) is 0.0942. The number of carbonyl (C=O) groups excluding carboxylic acids is 1. The highest BCUT2D eigenvalue weighted by Gasteiger charge is 2.26. The molecule has 1 atom stereocenters. The van der Waals surface area contributed by atoms with Gasteiger partial charge in [-0.25, -0.2) is 0 Å². The summed E-state index contributed by atoms with van der Waals surface area (Å²) < 4.78 is 3.99. The molecule has 2 nitrogen and oxygen atoms in total. The minimum atomic E-state index is -0.152. The lowest BCUT2D eigenvalue weighted by Gasteiger charge is -2.33. The topological polar surface area (TPSA) is 29.1 Å². The molecule has 4 heteroatoms. The number of nitrogens with one attached hydrogen (secondary N) is 1. The lowest BCUT2D eigenvalue weighted by molar-refractivity contribution is -0.116. The van der Waals surface area contributed by atoms with Gasteiger partial charge in [-0.1, -0.05) is 20.8 Å². The Hall–Kier alpha value is 0.140. The van der Waals surface area contributed by atoms with E-state index in [1.807, 2.05) is 0 Å². The summed E-state index contributed by atoms with van der Waals surface area (Å²) >= 11 is 5.55. The Labute approximate surface area is 113 Å². The molecule has 0 radical (unpaired) electrons. The first-order valence-corrected chi connectivity index (χ1v) is 7.99. The fraction of sp³-hybridized carbons (Fsp3) is 0.846. The van der Waals surface area contributed by atoms with E-state index in [1.54, 1.807) is 0 Å². The molecule has 0 aromatic rings. The molecule has 0 saturated heterocycles. The average molecular weight is 278 g/mol. The zero-order valence-electron chi connectivity index (χ0n) is 11.3. The SMILES string of the molecule is C/C=S(/NC1CCC(C(=O)Cl)CC1)C(C)(C)C. The summed E-state index contributed by atoms with van der Waals surface area (Å²) in [5.41, 5.74) is 0. The van der Waals surface area contributed by atoms with Gasteiger partial charge < -0.3 is 0 Å². The van der Waals surface area contributed by atoms with E-state index in [0.29, 0.717) is 6.04 Å². The van der Waals surface area contributed by atoms with E-state index < -0.39 is 0 Å². The highest BCUT2D eigenvalue weighted by molar-refractivity contribution is 8.14. The second kappa shape index (κ2) is 6.35. The summed E-state index contributed by atoms with van der Waals surface area (Å²) in [5, 5.41) is 2.11. The predicted molar refractivity (Wildman–Crippen MR) is 78.8 cm³/mol. The van der Waals surface area contributed by atoms with Gasteiger partial charge in [-0.2, -0.15) is 0 Å². The molecule has 1 aliphatic rings. The summed E-state index contributed by atoms with van der Waals surface area (Å²) in [6, 6.07) is 0.543. The Morgan fingerprint density at radius 2 is 1.82 bits per heavy atom. The van der Waals surface area contributed by atoms with Crippen LogP contribution in [0.4, 0.5) is 0 Å². The molecular weight excluding hydrogens is 254 g/mol. The lowest BCUT2D eigenvalue weighted by atomic mass is 9.87. The van der Waals surface area contributed by atoms with Crippen LogP contribution in [0.1, 0.15) is 53.4 Å². The maximum absolute atomic E-state index is 11.1. The molecule has 0 bridgehead atoms. The monoisotopic (exact) mass is 277 g/mol. The molecular formula is C13H24ClNOS. The normalized spacial score (nSPS) is 28.1. The summed E-state index contributed by atoms with van der Waals surface area (Å²) in [7, 11) is 0.139. The van der Waals surface area contributed by atoms with Crippen LogP contribution in [0.5, 0.6) is 0 Å². The maximum atomic E-state index is 11.1. The van der Waals surface area contributed by atoms with Gasteiger partial charge >= 0.3 is 0 Å². The van der Waals surface area contributed by atoms with Crippen LogP contribution in [-0.4, -0.2) is 21.4 Å². The highest BCUT2D eigenvalue weighted by Crippen LogP contribution is 2.32. The molecule has 0 amide bonds. The van der Waals surface area contributed by atoms with Crippen LogP contribution in [-0.2, 0) is 4.79 Å². The second-order valence-electron chi connectivity index (χ2n) is 5.66. The van der Waals surface area contributed by atoms with Gasteiger partial charge in [0.15, 0.2) is 0 Å². The molecule has 0 aromatic carbocycles. The molecule has 0 aliphatic heterocycles. The molecule has 100 valence electrons. The standard InChI is InChI=1S/C13H24ClNOS/c1-5-17(13(2,3)4)15-11-8-6-10(7-9-11)12(14)16/h5,10-11,15H,6-9H2,1-4H3. The van der Waals surface area contributed by atoms with Gasteiger partial charge in [-0.05, 0) is 49.6 Å². The van der Waals surface area contributed by atoms with Crippen molar-refractivity contribution >= 4 is 32.9 Å². The maximum Gasteiger partial charge on any atom is 0.224 e. The molecule has 1 N–H and O–H groups in total. The van der Waals surface area contributed by atoms with E-state index in [0.717, 1.165) is 25.7 Å². The first-order chi connectivity index (χ1) is 7.84. The van der Waals surface area contributed by atoms with E-state index in [2.05, 4.69) is 37.8 Å². The van der Waals surface area contributed by atoms with Crippen molar-refractivity contribution in [2.45, 2.75) is 64.2 Å². The zero-order chi connectivity index (χ0) is 13.1. The molecule has 0 heterocycles. The number of carbonyl (C=O) groups is 1. The van der Waals surface area contributed by atoms with Crippen LogP contribution in [0.25, 0.3) is 0 Å². The van der Waals surface area contributed by atoms with Gasteiger partial charge in [0, 0.05) is 16.7 Å². The fourth-order valence-electron chi connectivity index (χ4n) is 2.22. The first-order valence-electron chi connectivity index (χ1n) is 6.32. The van der Waals surface area contributed by atoms with Crippen LogP contribution in [0.15, 0.2) is 0 Å². The van der Waals surface area contributed by atoms with Crippen LogP contribution in [0.3, 0.4) is 0 Å². The van der Waals surface area contributed by atoms with Crippen molar-refractivity contribution in [2.75, 3.05) is 0 Å². The van der Waals surface area contributed by atoms with E-state index in [9.17, 15) is 4.79 Å². The molecule has 0 aromatic heterocycles. The van der Waals surface area contributed by atoms with Gasteiger partial charge in [0.2, 0.25) is 5.24 Å². The first kappa shape index (κ1) is 15.2. The third kappa shape index (κ3) is 4.72. The minimum absolute atomic E-state index is 0.0942. The molecule has 1 rings (SSSR count). The average Bonchev–Trinajstić information content (AvgIpc) is 2.24. The molecule has 1 saturated carbocycles. The van der Waals surface area contributed by atoms with Crippen LogP contribution >= 0.6 is 22.3 Å². The Morgan fingerprint density at radius 1 is 1.29 bits per heavy atom. The zero-order valence-corrected chi connectivity index (χ0v) is 12.8.